The van der Waals surface area contributed by atoms with E-state index in [2.05, 4.69) is 15.4 Å². The maximum Gasteiger partial charge on any atom is 0.0770 e. The highest BCUT2D eigenvalue weighted by Gasteiger charge is 1.98. The molecule has 0 aromatic carbocycles. The van der Waals surface area contributed by atoms with Gasteiger partial charge in [-0.3, -0.25) is 9.67 Å². The molecule has 16 heavy (non-hydrogen) atoms. The third-order valence-corrected chi connectivity index (χ3v) is 2.13. The summed E-state index contributed by atoms with van der Waals surface area (Å²) >= 11 is 0. The van der Waals surface area contributed by atoms with Gasteiger partial charge in [-0.1, -0.05) is 0 Å². The molecule has 0 amide bonds. The minimum absolute atomic E-state index is 0.663. The van der Waals surface area contributed by atoms with Crippen molar-refractivity contribution < 1.29 is 4.74 Å². The third-order valence-electron chi connectivity index (χ3n) is 2.13. The molecule has 84 valence electrons. The number of nitrogens with zero attached hydrogens (tertiary/aromatic N) is 3. The number of ether oxygens (including phenoxy) is 1. The molecule has 0 saturated heterocycles. The van der Waals surface area contributed by atoms with Crippen molar-refractivity contribution in [3.8, 4) is 0 Å². The quantitative estimate of drug-likeness (QED) is 0.829. The van der Waals surface area contributed by atoms with Crippen LogP contribution in [0.1, 0.15) is 0 Å². The monoisotopic (exact) mass is 218 g/mol. The minimum Gasteiger partial charge on any atom is -0.383 e. The maximum absolute atomic E-state index is 4.98. The van der Waals surface area contributed by atoms with Crippen LogP contribution in [0.15, 0.2) is 36.9 Å². The first-order valence-electron chi connectivity index (χ1n) is 5.07. The summed E-state index contributed by atoms with van der Waals surface area (Å²) < 4.78 is 6.82. The Morgan fingerprint density at radius 1 is 1.31 bits per heavy atom. The van der Waals surface area contributed by atoms with Gasteiger partial charge in [0.05, 0.1) is 25.0 Å². The highest BCUT2D eigenvalue weighted by molar-refractivity contribution is 5.56. The second kappa shape index (κ2) is 5.27. The van der Waals surface area contributed by atoms with Crippen LogP contribution in [0.2, 0.25) is 0 Å². The molecule has 2 rings (SSSR count). The summed E-state index contributed by atoms with van der Waals surface area (Å²) in [5.74, 6) is 0. The van der Waals surface area contributed by atoms with Gasteiger partial charge < -0.3 is 10.1 Å². The Labute approximate surface area is 94.1 Å². The number of pyridine rings is 1. The van der Waals surface area contributed by atoms with E-state index in [1.54, 1.807) is 25.7 Å². The molecule has 0 saturated carbocycles. The second-order valence-electron chi connectivity index (χ2n) is 3.35. The largest absolute Gasteiger partial charge is 0.383 e. The van der Waals surface area contributed by atoms with E-state index in [-0.39, 0.29) is 0 Å². The molecule has 0 aliphatic carbocycles. The fraction of sp³-hybridized carbons (Fsp3) is 0.273. The Morgan fingerprint density at radius 2 is 2.12 bits per heavy atom. The van der Waals surface area contributed by atoms with Gasteiger partial charge in [0.1, 0.15) is 0 Å². The lowest BCUT2D eigenvalue weighted by Crippen LogP contribution is -2.03. The van der Waals surface area contributed by atoms with Crippen molar-refractivity contribution in [1.29, 1.82) is 0 Å². The van der Waals surface area contributed by atoms with Crippen LogP contribution in [-0.2, 0) is 11.3 Å². The molecular formula is C11H14N4O. The van der Waals surface area contributed by atoms with Crippen LogP contribution < -0.4 is 5.32 Å². The van der Waals surface area contributed by atoms with E-state index < -0.39 is 0 Å². The summed E-state index contributed by atoms with van der Waals surface area (Å²) in [6.45, 7) is 1.42. The van der Waals surface area contributed by atoms with Crippen LogP contribution in [0.5, 0.6) is 0 Å². The SMILES string of the molecule is COCCn1cc(Nc2ccncc2)cn1. The van der Waals surface area contributed by atoms with E-state index in [4.69, 9.17) is 4.74 Å². The van der Waals surface area contributed by atoms with Gasteiger partial charge in [0.25, 0.3) is 0 Å². The topological polar surface area (TPSA) is 52.0 Å². The van der Waals surface area contributed by atoms with Gasteiger partial charge in [-0.2, -0.15) is 5.10 Å². The zero-order valence-electron chi connectivity index (χ0n) is 9.13. The molecule has 5 heteroatoms. The lowest BCUT2D eigenvalue weighted by atomic mass is 10.4. The fourth-order valence-electron chi connectivity index (χ4n) is 1.34. The molecule has 2 aromatic heterocycles. The predicted octanol–water partition coefficient (Wildman–Crippen LogP) is 1.67. The van der Waals surface area contributed by atoms with E-state index >= 15 is 0 Å². The standard InChI is InChI=1S/C11H14N4O/c1-16-7-6-15-9-11(8-13-15)14-10-2-4-12-5-3-10/h2-5,8-9H,6-7H2,1H3,(H,12,14). The highest BCUT2D eigenvalue weighted by atomic mass is 16.5. The Bertz CT molecular complexity index is 427. The summed E-state index contributed by atoms with van der Waals surface area (Å²) in [5, 5.41) is 7.44. The molecule has 2 heterocycles. The average Bonchev–Trinajstić information content (AvgIpc) is 2.75. The maximum atomic E-state index is 4.98. The van der Waals surface area contributed by atoms with E-state index in [1.165, 1.54) is 0 Å². The van der Waals surface area contributed by atoms with Gasteiger partial charge in [-0.15, -0.1) is 0 Å². The second-order valence-corrected chi connectivity index (χ2v) is 3.35. The van der Waals surface area contributed by atoms with Crippen molar-refractivity contribution in [3.05, 3.63) is 36.9 Å². The number of methoxy groups -OCH3 is 1. The zero-order valence-corrected chi connectivity index (χ0v) is 9.13. The van der Waals surface area contributed by atoms with E-state index in [0.717, 1.165) is 17.9 Å². The van der Waals surface area contributed by atoms with Crippen LogP contribution in [-0.4, -0.2) is 28.5 Å². The molecule has 0 aliphatic rings. The Balaban J connectivity index is 1.97. The molecule has 0 fully saturated rings. The predicted molar refractivity (Wildman–Crippen MR) is 61.6 cm³/mol. The number of rotatable bonds is 5. The molecule has 5 nitrogen and oxygen atoms in total. The van der Waals surface area contributed by atoms with Gasteiger partial charge in [0.2, 0.25) is 0 Å². The summed E-state index contributed by atoms with van der Waals surface area (Å²) in [7, 11) is 1.68. The number of aromatic nitrogens is 3. The van der Waals surface area contributed by atoms with Gasteiger partial charge in [0.15, 0.2) is 0 Å². The van der Waals surface area contributed by atoms with Crippen LogP contribution in [0.25, 0.3) is 0 Å². The Morgan fingerprint density at radius 3 is 2.88 bits per heavy atom. The van der Waals surface area contributed by atoms with Gasteiger partial charge in [0, 0.05) is 31.4 Å². The van der Waals surface area contributed by atoms with Crippen LogP contribution in [0.4, 0.5) is 11.4 Å². The molecule has 0 radical (unpaired) electrons. The lowest BCUT2D eigenvalue weighted by Gasteiger charge is -2.01. The summed E-state index contributed by atoms with van der Waals surface area (Å²) in [5.41, 5.74) is 1.96. The Kier molecular flexibility index (Phi) is 3.50. The minimum atomic E-state index is 0.663. The van der Waals surface area contributed by atoms with Crippen LogP contribution in [0, 0.1) is 0 Å². The molecular weight excluding hydrogens is 204 g/mol. The van der Waals surface area contributed by atoms with Crippen molar-refractivity contribution in [2.75, 3.05) is 19.0 Å². The number of nitrogens with one attached hydrogen (secondary N) is 1. The lowest BCUT2D eigenvalue weighted by molar-refractivity contribution is 0.183. The van der Waals surface area contributed by atoms with E-state index in [0.29, 0.717) is 6.61 Å². The zero-order chi connectivity index (χ0) is 11.2. The normalized spacial score (nSPS) is 10.3. The van der Waals surface area contributed by atoms with Crippen LogP contribution in [0.3, 0.4) is 0 Å². The van der Waals surface area contributed by atoms with Gasteiger partial charge in [-0.05, 0) is 12.1 Å². The molecule has 0 aliphatic heterocycles. The first kappa shape index (κ1) is 10.6. The first-order chi connectivity index (χ1) is 7.88. The molecule has 0 atom stereocenters. The third kappa shape index (κ3) is 2.80. The van der Waals surface area contributed by atoms with E-state index in [9.17, 15) is 0 Å². The van der Waals surface area contributed by atoms with Gasteiger partial charge >= 0.3 is 0 Å². The summed E-state index contributed by atoms with van der Waals surface area (Å²) in [6, 6.07) is 3.82. The van der Waals surface area contributed by atoms with E-state index in [1.807, 2.05) is 23.0 Å². The number of anilines is 2. The number of hydrogen-bond acceptors (Lipinski definition) is 4. The highest BCUT2D eigenvalue weighted by Crippen LogP contribution is 2.13. The molecule has 1 N–H and O–H groups in total. The first-order valence-corrected chi connectivity index (χ1v) is 5.07. The van der Waals surface area contributed by atoms with Crippen molar-refractivity contribution >= 4 is 11.4 Å². The smallest absolute Gasteiger partial charge is 0.0770 e. The van der Waals surface area contributed by atoms with Crippen molar-refractivity contribution in [2.24, 2.45) is 0 Å². The molecule has 2 aromatic rings. The molecule has 0 unspecified atom stereocenters. The Hall–Kier alpha value is -1.88. The van der Waals surface area contributed by atoms with Crippen molar-refractivity contribution in [3.63, 3.8) is 0 Å². The average molecular weight is 218 g/mol. The van der Waals surface area contributed by atoms with Crippen molar-refractivity contribution in [1.82, 2.24) is 14.8 Å². The molecule has 0 bridgehead atoms. The fourth-order valence-corrected chi connectivity index (χ4v) is 1.34. The van der Waals surface area contributed by atoms with Crippen molar-refractivity contribution in [2.45, 2.75) is 6.54 Å². The summed E-state index contributed by atoms with van der Waals surface area (Å²) in [6.07, 6.45) is 7.23. The van der Waals surface area contributed by atoms with Gasteiger partial charge in [-0.25, -0.2) is 0 Å². The number of hydrogen-bond donors (Lipinski definition) is 1. The molecule has 0 spiro atoms. The van der Waals surface area contributed by atoms with Crippen LogP contribution >= 0.6 is 0 Å². The summed E-state index contributed by atoms with van der Waals surface area (Å²) in [4.78, 5) is 3.96.